The zero-order valence-electron chi connectivity index (χ0n) is 13.5. The van der Waals surface area contributed by atoms with Crippen molar-refractivity contribution < 1.29 is 13.2 Å². The van der Waals surface area contributed by atoms with E-state index in [2.05, 4.69) is 0 Å². The zero-order chi connectivity index (χ0) is 17.2. The highest BCUT2D eigenvalue weighted by atomic mass is 32.2. The van der Waals surface area contributed by atoms with Crippen molar-refractivity contribution in [1.82, 2.24) is 9.21 Å². The Labute approximate surface area is 146 Å². The molecule has 1 aliphatic heterocycles. The number of rotatable bonds is 5. The summed E-state index contributed by atoms with van der Waals surface area (Å²) in [5.74, 6) is -0.258. The van der Waals surface area contributed by atoms with Gasteiger partial charge in [-0.2, -0.15) is 4.31 Å². The topological polar surface area (TPSA) is 57.7 Å². The Hall–Kier alpha value is -1.70. The molecule has 2 aromatic rings. The maximum Gasteiger partial charge on any atom is 0.265 e. The van der Waals surface area contributed by atoms with Gasteiger partial charge in [0.25, 0.3) is 5.91 Å². The smallest absolute Gasteiger partial charge is 0.265 e. The van der Waals surface area contributed by atoms with Gasteiger partial charge in [0.15, 0.2) is 0 Å². The van der Waals surface area contributed by atoms with E-state index in [9.17, 15) is 13.2 Å². The number of nitrogens with zero attached hydrogens (tertiary/aromatic N) is 2. The molecule has 0 radical (unpaired) electrons. The average molecular weight is 364 g/mol. The molecule has 1 fully saturated rings. The molecule has 1 saturated heterocycles. The summed E-state index contributed by atoms with van der Waals surface area (Å²) in [5.41, 5.74) is 1.01. The number of carbonyl (C=O) groups excluding carboxylic acids is 1. The Morgan fingerprint density at radius 3 is 2.50 bits per heavy atom. The molecule has 1 aliphatic rings. The predicted molar refractivity (Wildman–Crippen MR) is 94.6 cm³/mol. The first-order valence-electron chi connectivity index (χ1n) is 7.87. The second kappa shape index (κ2) is 7.04. The SMILES string of the molecule is CN(Cc1ccccc1)C(=O)c1sccc1S(=O)(=O)N1CCCC1. The Morgan fingerprint density at radius 1 is 1.17 bits per heavy atom. The summed E-state index contributed by atoms with van der Waals surface area (Å²) < 4.78 is 27.0. The first-order valence-corrected chi connectivity index (χ1v) is 10.2. The normalized spacial score (nSPS) is 15.5. The number of carbonyl (C=O) groups is 1. The van der Waals surface area contributed by atoms with Crippen LogP contribution in [-0.2, 0) is 16.6 Å². The molecule has 2 heterocycles. The molecule has 5 nitrogen and oxygen atoms in total. The molecule has 1 aromatic heterocycles. The van der Waals surface area contributed by atoms with Gasteiger partial charge in [0.2, 0.25) is 10.0 Å². The van der Waals surface area contributed by atoms with Gasteiger partial charge < -0.3 is 4.90 Å². The molecule has 0 saturated carbocycles. The number of benzene rings is 1. The van der Waals surface area contributed by atoms with Crippen LogP contribution in [0.25, 0.3) is 0 Å². The molecule has 0 N–H and O–H groups in total. The highest BCUT2D eigenvalue weighted by molar-refractivity contribution is 7.89. The number of sulfonamides is 1. The van der Waals surface area contributed by atoms with Gasteiger partial charge in [0.1, 0.15) is 9.77 Å². The molecule has 0 spiro atoms. The van der Waals surface area contributed by atoms with Crippen LogP contribution in [0.4, 0.5) is 0 Å². The van der Waals surface area contributed by atoms with Crippen molar-refractivity contribution >= 4 is 27.3 Å². The van der Waals surface area contributed by atoms with E-state index in [1.165, 1.54) is 15.6 Å². The van der Waals surface area contributed by atoms with Crippen LogP contribution in [0, 0.1) is 0 Å². The minimum Gasteiger partial charge on any atom is -0.337 e. The average Bonchev–Trinajstić information content (AvgIpc) is 3.27. The fourth-order valence-corrected chi connectivity index (χ4v) is 5.73. The van der Waals surface area contributed by atoms with Gasteiger partial charge in [0, 0.05) is 26.7 Å². The number of thiophene rings is 1. The van der Waals surface area contributed by atoms with Crippen LogP contribution in [-0.4, -0.2) is 43.7 Å². The molecule has 0 unspecified atom stereocenters. The maximum absolute atomic E-state index is 12.8. The van der Waals surface area contributed by atoms with E-state index in [-0.39, 0.29) is 10.8 Å². The van der Waals surface area contributed by atoms with Crippen LogP contribution in [0.3, 0.4) is 0 Å². The molecule has 1 aromatic carbocycles. The minimum absolute atomic E-state index is 0.138. The molecule has 0 bridgehead atoms. The summed E-state index contributed by atoms with van der Waals surface area (Å²) in [7, 11) is -1.89. The van der Waals surface area contributed by atoms with Gasteiger partial charge in [-0.1, -0.05) is 30.3 Å². The summed E-state index contributed by atoms with van der Waals surface area (Å²) in [4.78, 5) is 14.7. The first kappa shape index (κ1) is 17.1. The summed E-state index contributed by atoms with van der Waals surface area (Å²) in [6, 6.07) is 11.2. The van der Waals surface area contributed by atoms with Gasteiger partial charge in [-0.25, -0.2) is 8.42 Å². The molecule has 3 rings (SSSR count). The largest absolute Gasteiger partial charge is 0.337 e. The van der Waals surface area contributed by atoms with Crippen molar-refractivity contribution in [1.29, 1.82) is 0 Å². The Balaban J connectivity index is 1.83. The summed E-state index contributed by atoms with van der Waals surface area (Å²) in [5, 5.41) is 1.67. The Morgan fingerprint density at radius 2 is 1.83 bits per heavy atom. The lowest BCUT2D eigenvalue weighted by atomic mass is 10.2. The van der Waals surface area contributed by atoms with Crippen molar-refractivity contribution in [3.8, 4) is 0 Å². The number of hydrogen-bond acceptors (Lipinski definition) is 4. The summed E-state index contributed by atoms with van der Waals surface area (Å²) in [6.45, 7) is 1.51. The predicted octanol–water partition coefficient (Wildman–Crippen LogP) is 2.80. The van der Waals surface area contributed by atoms with Crippen LogP contribution < -0.4 is 0 Å². The molecule has 24 heavy (non-hydrogen) atoms. The lowest BCUT2D eigenvalue weighted by Gasteiger charge is -2.19. The van der Waals surface area contributed by atoms with E-state index in [4.69, 9.17) is 0 Å². The monoisotopic (exact) mass is 364 g/mol. The van der Waals surface area contributed by atoms with Crippen LogP contribution in [0.1, 0.15) is 28.1 Å². The van der Waals surface area contributed by atoms with Gasteiger partial charge >= 0.3 is 0 Å². The van der Waals surface area contributed by atoms with Gasteiger partial charge in [-0.3, -0.25) is 4.79 Å². The van der Waals surface area contributed by atoms with E-state index in [0.29, 0.717) is 24.5 Å². The van der Waals surface area contributed by atoms with Crippen LogP contribution in [0.5, 0.6) is 0 Å². The summed E-state index contributed by atoms with van der Waals surface area (Å²) >= 11 is 1.19. The lowest BCUT2D eigenvalue weighted by molar-refractivity contribution is 0.0786. The first-order chi connectivity index (χ1) is 11.5. The van der Waals surface area contributed by atoms with E-state index in [1.54, 1.807) is 23.4 Å². The maximum atomic E-state index is 12.8. The van der Waals surface area contributed by atoms with Crippen molar-refractivity contribution in [2.24, 2.45) is 0 Å². The van der Waals surface area contributed by atoms with Gasteiger partial charge in [-0.05, 0) is 29.9 Å². The molecular formula is C17H20N2O3S2. The van der Waals surface area contributed by atoms with Gasteiger partial charge in [-0.15, -0.1) is 11.3 Å². The third-order valence-corrected chi connectivity index (χ3v) is 7.09. The van der Waals surface area contributed by atoms with Crippen molar-refractivity contribution in [3.05, 3.63) is 52.2 Å². The van der Waals surface area contributed by atoms with E-state index >= 15 is 0 Å². The molecule has 0 atom stereocenters. The zero-order valence-corrected chi connectivity index (χ0v) is 15.1. The lowest BCUT2D eigenvalue weighted by Crippen LogP contribution is -2.31. The quantitative estimate of drug-likeness (QED) is 0.820. The van der Waals surface area contributed by atoms with Crippen LogP contribution >= 0.6 is 11.3 Å². The highest BCUT2D eigenvalue weighted by Gasteiger charge is 2.32. The van der Waals surface area contributed by atoms with Crippen LogP contribution in [0.2, 0.25) is 0 Å². The Kier molecular flexibility index (Phi) is 5.03. The minimum atomic E-state index is -3.58. The molecular weight excluding hydrogens is 344 g/mol. The van der Waals surface area contributed by atoms with Crippen molar-refractivity contribution in [3.63, 3.8) is 0 Å². The van der Waals surface area contributed by atoms with Crippen LogP contribution in [0.15, 0.2) is 46.7 Å². The second-order valence-corrected chi connectivity index (χ2v) is 8.69. The van der Waals surface area contributed by atoms with Crippen molar-refractivity contribution in [2.45, 2.75) is 24.3 Å². The molecule has 7 heteroatoms. The number of hydrogen-bond donors (Lipinski definition) is 0. The van der Waals surface area contributed by atoms with E-state index in [1.807, 2.05) is 30.3 Å². The Bertz CT molecular complexity index is 809. The highest BCUT2D eigenvalue weighted by Crippen LogP contribution is 2.28. The molecule has 1 amide bonds. The second-order valence-electron chi connectivity index (χ2n) is 5.87. The number of amides is 1. The van der Waals surface area contributed by atoms with Crippen molar-refractivity contribution in [2.75, 3.05) is 20.1 Å². The summed E-state index contributed by atoms with van der Waals surface area (Å²) in [6.07, 6.45) is 1.75. The standard InChI is InChI=1S/C17H20N2O3S2/c1-18(13-14-7-3-2-4-8-14)17(20)16-15(9-12-23-16)24(21,22)19-10-5-6-11-19/h2-4,7-9,12H,5-6,10-11,13H2,1H3. The fourth-order valence-electron chi connectivity index (χ4n) is 2.83. The van der Waals surface area contributed by atoms with Gasteiger partial charge in [0.05, 0.1) is 0 Å². The third kappa shape index (κ3) is 3.38. The fraction of sp³-hybridized carbons (Fsp3) is 0.353. The molecule has 128 valence electrons. The van der Waals surface area contributed by atoms with E-state index < -0.39 is 10.0 Å². The third-order valence-electron chi connectivity index (χ3n) is 4.12. The van der Waals surface area contributed by atoms with E-state index in [0.717, 1.165) is 18.4 Å². The molecule has 0 aliphatic carbocycles.